The summed E-state index contributed by atoms with van der Waals surface area (Å²) in [5.41, 5.74) is 5.33. The van der Waals surface area contributed by atoms with Crippen LogP contribution in [0.15, 0.2) is 29.5 Å². The minimum Gasteiger partial charge on any atom is -0.490 e. The monoisotopic (exact) mass is 461 g/mol. The number of amides is 1. The molecule has 1 unspecified atom stereocenters. The standard InChI is InChI=1S/C17H27N5O2.HI/c1-2-20-17(21-8-10-24-15-6-3-7-19-12-15)22-9-4-5-14(13-22)11-16(18)23;/h3,6-7,12,14H,2,4-5,8-11,13H2,1H3,(H2,18,23)(H,20,21);1H. The molecular weight excluding hydrogens is 433 g/mol. The molecule has 1 aromatic heterocycles. The summed E-state index contributed by atoms with van der Waals surface area (Å²) in [4.78, 5) is 22.0. The summed E-state index contributed by atoms with van der Waals surface area (Å²) in [7, 11) is 0. The molecule has 2 heterocycles. The number of likely N-dealkylation sites (tertiary alicyclic amines) is 1. The molecule has 1 amide bonds. The molecule has 25 heavy (non-hydrogen) atoms. The maximum Gasteiger partial charge on any atom is 0.217 e. The summed E-state index contributed by atoms with van der Waals surface area (Å²) in [6.07, 6.45) is 5.94. The highest BCUT2D eigenvalue weighted by atomic mass is 127. The van der Waals surface area contributed by atoms with Crippen LogP contribution in [-0.2, 0) is 4.79 Å². The van der Waals surface area contributed by atoms with Crippen molar-refractivity contribution in [3.63, 3.8) is 0 Å². The van der Waals surface area contributed by atoms with E-state index in [2.05, 4.69) is 20.2 Å². The fourth-order valence-corrected chi connectivity index (χ4v) is 2.88. The number of aromatic nitrogens is 1. The third kappa shape index (κ3) is 7.89. The lowest BCUT2D eigenvalue weighted by Gasteiger charge is -2.34. The van der Waals surface area contributed by atoms with Crippen LogP contribution >= 0.6 is 24.0 Å². The number of carbonyl (C=O) groups is 1. The van der Waals surface area contributed by atoms with Crippen molar-refractivity contribution < 1.29 is 9.53 Å². The molecule has 1 aliphatic heterocycles. The molecule has 140 valence electrons. The van der Waals surface area contributed by atoms with Crippen molar-refractivity contribution in [1.82, 2.24) is 15.2 Å². The minimum atomic E-state index is -0.228. The van der Waals surface area contributed by atoms with Gasteiger partial charge in [0, 0.05) is 32.3 Å². The Morgan fingerprint density at radius 3 is 3.08 bits per heavy atom. The summed E-state index contributed by atoms with van der Waals surface area (Å²) in [5.74, 6) is 1.71. The molecule has 0 aliphatic carbocycles. The number of nitrogens with zero attached hydrogens (tertiary/aromatic N) is 3. The average Bonchev–Trinajstić information content (AvgIpc) is 2.58. The highest BCUT2D eigenvalue weighted by Gasteiger charge is 2.23. The summed E-state index contributed by atoms with van der Waals surface area (Å²) in [6.45, 7) is 5.68. The van der Waals surface area contributed by atoms with Gasteiger partial charge in [0.05, 0.1) is 12.7 Å². The lowest BCUT2D eigenvalue weighted by atomic mass is 9.95. The third-order valence-electron chi connectivity index (χ3n) is 3.90. The number of hydrogen-bond acceptors (Lipinski definition) is 4. The molecule has 0 spiro atoms. The number of primary amides is 1. The Labute approximate surface area is 166 Å². The molecule has 0 bridgehead atoms. The Morgan fingerprint density at radius 2 is 2.40 bits per heavy atom. The van der Waals surface area contributed by atoms with Crippen molar-refractivity contribution in [2.24, 2.45) is 16.6 Å². The molecule has 1 atom stereocenters. The molecule has 8 heteroatoms. The lowest BCUT2D eigenvalue weighted by Crippen LogP contribution is -2.47. The molecule has 0 aromatic carbocycles. The van der Waals surface area contributed by atoms with E-state index in [1.165, 1.54) is 0 Å². The first-order valence-electron chi connectivity index (χ1n) is 8.53. The number of nitrogens with one attached hydrogen (secondary N) is 1. The van der Waals surface area contributed by atoms with Crippen LogP contribution in [-0.4, -0.2) is 54.5 Å². The van der Waals surface area contributed by atoms with Gasteiger partial charge >= 0.3 is 0 Å². The number of hydrogen-bond donors (Lipinski definition) is 2. The number of halogens is 1. The molecular formula is C17H28IN5O2. The Morgan fingerprint density at radius 1 is 1.56 bits per heavy atom. The van der Waals surface area contributed by atoms with E-state index < -0.39 is 0 Å². The molecule has 0 radical (unpaired) electrons. The van der Waals surface area contributed by atoms with Crippen LogP contribution in [0.5, 0.6) is 5.75 Å². The van der Waals surface area contributed by atoms with E-state index >= 15 is 0 Å². The van der Waals surface area contributed by atoms with Crippen molar-refractivity contribution >= 4 is 35.8 Å². The number of ether oxygens (including phenoxy) is 1. The SMILES string of the molecule is CCNC(=NCCOc1cccnc1)N1CCCC(CC(N)=O)C1.I. The smallest absolute Gasteiger partial charge is 0.217 e. The second-order valence-corrected chi connectivity index (χ2v) is 5.90. The maximum absolute atomic E-state index is 11.2. The Hall–Kier alpha value is -1.58. The van der Waals surface area contributed by atoms with Gasteiger partial charge in [-0.3, -0.25) is 9.78 Å². The molecule has 1 aliphatic rings. The van der Waals surface area contributed by atoms with Crippen LogP contribution in [0.3, 0.4) is 0 Å². The highest BCUT2D eigenvalue weighted by molar-refractivity contribution is 14.0. The molecule has 0 saturated carbocycles. The zero-order valence-electron chi connectivity index (χ0n) is 14.7. The predicted molar refractivity (Wildman–Crippen MR) is 109 cm³/mol. The van der Waals surface area contributed by atoms with Gasteiger partial charge in [-0.25, -0.2) is 4.99 Å². The van der Waals surface area contributed by atoms with E-state index in [1.807, 2.05) is 19.1 Å². The second-order valence-electron chi connectivity index (χ2n) is 5.90. The van der Waals surface area contributed by atoms with Gasteiger partial charge in [0.25, 0.3) is 0 Å². The first-order chi connectivity index (χ1) is 11.7. The van der Waals surface area contributed by atoms with E-state index in [-0.39, 0.29) is 29.9 Å². The fraction of sp³-hybridized carbons (Fsp3) is 0.588. The van der Waals surface area contributed by atoms with Crippen LogP contribution in [0, 0.1) is 5.92 Å². The zero-order chi connectivity index (χ0) is 17.2. The largest absolute Gasteiger partial charge is 0.490 e. The van der Waals surface area contributed by atoms with E-state index in [0.29, 0.717) is 25.5 Å². The maximum atomic E-state index is 11.2. The number of nitrogens with two attached hydrogens (primary N) is 1. The Bertz CT molecular complexity index is 541. The topological polar surface area (TPSA) is 92.8 Å². The molecule has 1 saturated heterocycles. The molecule has 7 nitrogen and oxygen atoms in total. The summed E-state index contributed by atoms with van der Waals surface area (Å²) in [6, 6.07) is 3.72. The van der Waals surface area contributed by atoms with Crippen molar-refractivity contribution in [3.05, 3.63) is 24.5 Å². The average molecular weight is 461 g/mol. The molecule has 2 rings (SSSR count). The van der Waals surface area contributed by atoms with Gasteiger partial charge in [-0.1, -0.05) is 0 Å². The van der Waals surface area contributed by atoms with E-state index in [4.69, 9.17) is 10.5 Å². The van der Waals surface area contributed by atoms with Gasteiger partial charge in [-0.05, 0) is 37.8 Å². The summed E-state index contributed by atoms with van der Waals surface area (Å²) >= 11 is 0. The van der Waals surface area contributed by atoms with Gasteiger partial charge in [-0.2, -0.15) is 0 Å². The first-order valence-corrected chi connectivity index (χ1v) is 8.53. The van der Waals surface area contributed by atoms with E-state index in [9.17, 15) is 4.79 Å². The van der Waals surface area contributed by atoms with Crippen molar-refractivity contribution in [1.29, 1.82) is 0 Å². The van der Waals surface area contributed by atoms with Crippen LogP contribution in [0.25, 0.3) is 0 Å². The van der Waals surface area contributed by atoms with Crippen molar-refractivity contribution in [3.8, 4) is 5.75 Å². The van der Waals surface area contributed by atoms with Gasteiger partial charge in [0.1, 0.15) is 12.4 Å². The lowest BCUT2D eigenvalue weighted by molar-refractivity contribution is -0.119. The number of carbonyl (C=O) groups excluding carboxylic acids is 1. The zero-order valence-corrected chi connectivity index (χ0v) is 17.0. The predicted octanol–water partition coefficient (Wildman–Crippen LogP) is 1.63. The fourth-order valence-electron chi connectivity index (χ4n) is 2.88. The van der Waals surface area contributed by atoms with E-state index in [1.54, 1.807) is 12.4 Å². The third-order valence-corrected chi connectivity index (χ3v) is 3.90. The van der Waals surface area contributed by atoms with Crippen LogP contribution in [0.2, 0.25) is 0 Å². The Balaban J connectivity index is 0.00000312. The number of pyridine rings is 1. The summed E-state index contributed by atoms with van der Waals surface area (Å²) < 4.78 is 5.62. The van der Waals surface area contributed by atoms with Crippen LogP contribution < -0.4 is 15.8 Å². The number of guanidine groups is 1. The van der Waals surface area contributed by atoms with Crippen LogP contribution in [0.4, 0.5) is 0 Å². The van der Waals surface area contributed by atoms with Crippen LogP contribution in [0.1, 0.15) is 26.2 Å². The second kappa shape index (κ2) is 11.9. The number of aliphatic imine (C=N–C) groups is 1. The summed E-state index contributed by atoms with van der Waals surface area (Å²) in [5, 5.41) is 3.32. The van der Waals surface area contributed by atoms with Gasteiger partial charge < -0.3 is 20.7 Å². The van der Waals surface area contributed by atoms with Gasteiger partial charge in [-0.15, -0.1) is 24.0 Å². The minimum absolute atomic E-state index is 0. The van der Waals surface area contributed by atoms with Gasteiger partial charge in [0.15, 0.2) is 5.96 Å². The number of piperidine rings is 1. The molecule has 3 N–H and O–H groups in total. The number of rotatable bonds is 7. The van der Waals surface area contributed by atoms with E-state index in [0.717, 1.165) is 44.2 Å². The van der Waals surface area contributed by atoms with Crippen molar-refractivity contribution in [2.45, 2.75) is 26.2 Å². The van der Waals surface area contributed by atoms with Gasteiger partial charge in [0.2, 0.25) is 5.91 Å². The normalized spacial score (nSPS) is 17.6. The molecule has 1 aromatic rings. The highest BCUT2D eigenvalue weighted by Crippen LogP contribution is 2.19. The quantitative estimate of drug-likeness (QED) is 0.279. The first kappa shape index (κ1) is 21.5. The van der Waals surface area contributed by atoms with Crippen molar-refractivity contribution in [2.75, 3.05) is 32.8 Å². The molecule has 1 fully saturated rings. The Kier molecular flexibility index (Phi) is 10.2.